The molecular formula is C12H17NO3. The Morgan fingerprint density at radius 2 is 2.19 bits per heavy atom. The zero-order chi connectivity index (χ0) is 11.4. The van der Waals surface area contributed by atoms with Crippen molar-refractivity contribution in [3.8, 4) is 0 Å². The number of aromatic nitrogens is 1. The lowest BCUT2D eigenvalue weighted by Crippen LogP contribution is -2.07. The van der Waals surface area contributed by atoms with Crippen molar-refractivity contribution in [2.45, 2.75) is 50.9 Å². The van der Waals surface area contributed by atoms with E-state index >= 15 is 0 Å². The quantitative estimate of drug-likeness (QED) is 0.852. The maximum absolute atomic E-state index is 10.5. The van der Waals surface area contributed by atoms with Crippen LogP contribution in [0.5, 0.6) is 0 Å². The summed E-state index contributed by atoms with van der Waals surface area (Å²) in [6.45, 7) is 0. The normalized spacial score (nSPS) is 17.5. The minimum Gasteiger partial charge on any atom is -0.481 e. The van der Waals surface area contributed by atoms with E-state index in [4.69, 9.17) is 9.63 Å². The fourth-order valence-corrected chi connectivity index (χ4v) is 2.43. The van der Waals surface area contributed by atoms with Gasteiger partial charge in [-0.15, -0.1) is 0 Å². The molecule has 16 heavy (non-hydrogen) atoms. The Labute approximate surface area is 94.6 Å². The number of hydrogen-bond donors (Lipinski definition) is 1. The van der Waals surface area contributed by atoms with E-state index in [0.717, 1.165) is 11.3 Å². The van der Waals surface area contributed by atoms with E-state index < -0.39 is 5.97 Å². The van der Waals surface area contributed by atoms with Crippen LogP contribution in [0.2, 0.25) is 0 Å². The molecule has 0 spiro atoms. The molecule has 1 saturated carbocycles. The smallest absolute Gasteiger partial charge is 0.303 e. The third-order valence-corrected chi connectivity index (χ3v) is 3.30. The first-order valence-corrected chi connectivity index (χ1v) is 5.92. The van der Waals surface area contributed by atoms with Crippen molar-refractivity contribution in [1.82, 2.24) is 5.16 Å². The lowest BCUT2D eigenvalue weighted by molar-refractivity contribution is -0.136. The van der Waals surface area contributed by atoms with E-state index in [1.54, 1.807) is 6.26 Å². The van der Waals surface area contributed by atoms with E-state index in [0.29, 0.717) is 12.3 Å². The van der Waals surface area contributed by atoms with Gasteiger partial charge in [0.1, 0.15) is 6.26 Å². The van der Waals surface area contributed by atoms with Crippen LogP contribution in [0, 0.1) is 0 Å². The van der Waals surface area contributed by atoms with Crippen molar-refractivity contribution < 1.29 is 14.4 Å². The van der Waals surface area contributed by atoms with Crippen molar-refractivity contribution in [3.05, 3.63) is 17.5 Å². The summed E-state index contributed by atoms with van der Waals surface area (Å²) in [7, 11) is 0. The Kier molecular flexibility index (Phi) is 3.59. The second-order valence-corrected chi connectivity index (χ2v) is 4.45. The number of rotatable bonds is 4. The molecule has 0 amide bonds. The Bertz CT molecular complexity index is 353. The molecule has 1 aliphatic carbocycles. The van der Waals surface area contributed by atoms with E-state index in [1.165, 1.54) is 32.1 Å². The molecule has 0 bridgehead atoms. The van der Waals surface area contributed by atoms with Crippen LogP contribution in [0.3, 0.4) is 0 Å². The van der Waals surface area contributed by atoms with Gasteiger partial charge in [-0.2, -0.15) is 0 Å². The average molecular weight is 223 g/mol. The fraction of sp³-hybridized carbons (Fsp3) is 0.667. The molecule has 0 aliphatic heterocycles. The van der Waals surface area contributed by atoms with E-state index in [1.807, 2.05) is 0 Å². The molecule has 88 valence electrons. The monoisotopic (exact) mass is 223 g/mol. The Morgan fingerprint density at radius 1 is 1.44 bits per heavy atom. The molecule has 0 aromatic carbocycles. The molecule has 2 rings (SSSR count). The summed E-state index contributed by atoms with van der Waals surface area (Å²) < 4.78 is 4.99. The number of hydrogen-bond acceptors (Lipinski definition) is 3. The van der Waals surface area contributed by atoms with Crippen LogP contribution in [0.4, 0.5) is 0 Å². The summed E-state index contributed by atoms with van der Waals surface area (Å²) in [6.07, 6.45) is 8.51. The number of carboxylic acids is 1. The van der Waals surface area contributed by atoms with Gasteiger partial charge in [0, 0.05) is 12.0 Å². The maximum atomic E-state index is 10.5. The standard InChI is InChI=1S/C12H17NO3/c14-12(15)7-6-11-10(8-16-13-11)9-4-2-1-3-5-9/h8-9H,1-7H2,(H,14,15). The number of aryl methyl sites for hydroxylation is 1. The van der Waals surface area contributed by atoms with Crippen LogP contribution in [-0.2, 0) is 11.2 Å². The molecule has 1 aliphatic rings. The molecule has 0 atom stereocenters. The maximum Gasteiger partial charge on any atom is 0.303 e. The molecule has 4 heteroatoms. The number of carboxylic acid groups (broad SMARTS) is 1. The SMILES string of the molecule is O=C(O)CCc1nocc1C1CCCCC1. The van der Waals surface area contributed by atoms with Crippen molar-refractivity contribution in [2.24, 2.45) is 0 Å². The fourth-order valence-electron chi connectivity index (χ4n) is 2.43. The Balaban J connectivity index is 2.02. The minimum atomic E-state index is -0.780. The highest BCUT2D eigenvalue weighted by Crippen LogP contribution is 2.34. The summed E-state index contributed by atoms with van der Waals surface area (Å²) in [4.78, 5) is 10.5. The van der Waals surface area contributed by atoms with Crippen molar-refractivity contribution in [1.29, 1.82) is 0 Å². The first-order chi connectivity index (χ1) is 7.77. The van der Waals surface area contributed by atoms with Gasteiger partial charge in [-0.3, -0.25) is 4.79 Å². The van der Waals surface area contributed by atoms with Gasteiger partial charge in [-0.05, 0) is 18.8 Å². The lowest BCUT2D eigenvalue weighted by Gasteiger charge is -2.20. The van der Waals surface area contributed by atoms with Crippen LogP contribution in [0.15, 0.2) is 10.8 Å². The van der Waals surface area contributed by atoms with Gasteiger partial charge in [0.05, 0.1) is 12.1 Å². The highest BCUT2D eigenvalue weighted by atomic mass is 16.5. The zero-order valence-corrected chi connectivity index (χ0v) is 9.32. The summed E-state index contributed by atoms with van der Waals surface area (Å²) in [5.41, 5.74) is 1.98. The van der Waals surface area contributed by atoms with Crippen LogP contribution < -0.4 is 0 Å². The van der Waals surface area contributed by atoms with Crippen molar-refractivity contribution in [2.75, 3.05) is 0 Å². The topological polar surface area (TPSA) is 63.3 Å². The predicted octanol–water partition coefficient (Wildman–Crippen LogP) is 2.74. The Morgan fingerprint density at radius 3 is 2.88 bits per heavy atom. The van der Waals surface area contributed by atoms with Gasteiger partial charge in [0.25, 0.3) is 0 Å². The van der Waals surface area contributed by atoms with E-state index in [2.05, 4.69) is 5.16 Å². The molecule has 4 nitrogen and oxygen atoms in total. The van der Waals surface area contributed by atoms with Gasteiger partial charge in [0.15, 0.2) is 0 Å². The second-order valence-electron chi connectivity index (χ2n) is 4.45. The summed E-state index contributed by atoms with van der Waals surface area (Å²) in [6, 6.07) is 0. The average Bonchev–Trinajstić information content (AvgIpc) is 2.75. The third kappa shape index (κ3) is 2.62. The van der Waals surface area contributed by atoms with Crippen molar-refractivity contribution >= 4 is 5.97 Å². The predicted molar refractivity (Wildman–Crippen MR) is 58.3 cm³/mol. The van der Waals surface area contributed by atoms with Gasteiger partial charge >= 0.3 is 5.97 Å². The van der Waals surface area contributed by atoms with Crippen LogP contribution in [-0.4, -0.2) is 16.2 Å². The lowest BCUT2D eigenvalue weighted by atomic mass is 9.84. The number of aliphatic carboxylic acids is 1. The van der Waals surface area contributed by atoms with E-state index in [-0.39, 0.29) is 6.42 Å². The highest BCUT2D eigenvalue weighted by molar-refractivity contribution is 5.67. The highest BCUT2D eigenvalue weighted by Gasteiger charge is 2.21. The van der Waals surface area contributed by atoms with Gasteiger partial charge < -0.3 is 9.63 Å². The number of carbonyl (C=O) groups is 1. The molecule has 0 radical (unpaired) electrons. The molecular weight excluding hydrogens is 206 g/mol. The molecule has 0 saturated heterocycles. The third-order valence-electron chi connectivity index (χ3n) is 3.30. The Hall–Kier alpha value is -1.32. The second kappa shape index (κ2) is 5.14. The van der Waals surface area contributed by atoms with Crippen LogP contribution >= 0.6 is 0 Å². The molecule has 1 aromatic rings. The number of nitrogens with zero attached hydrogens (tertiary/aromatic N) is 1. The van der Waals surface area contributed by atoms with E-state index in [9.17, 15) is 4.79 Å². The minimum absolute atomic E-state index is 0.131. The van der Waals surface area contributed by atoms with Crippen molar-refractivity contribution in [3.63, 3.8) is 0 Å². The molecule has 1 fully saturated rings. The molecule has 1 N–H and O–H groups in total. The molecule has 0 unspecified atom stereocenters. The molecule has 1 aromatic heterocycles. The van der Waals surface area contributed by atoms with Crippen LogP contribution in [0.25, 0.3) is 0 Å². The first-order valence-electron chi connectivity index (χ1n) is 5.92. The molecule has 1 heterocycles. The van der Waals surface area contributed by atoms with Gasteiger partial charge in [-0.25, -0.2) is 0 Å². The first kappa shape index (κ1) is 11.2. The van der Waals surface area contributed by atoms with Gasteiger partial charge in [-0.1, -0.05) is 24.4 Å². The van der Waals surface area contributed by atoms with Crippen LogP contribution in [0.1, 0.15) is 55.7 Å². The van der Waals surface area contributed by atoms with Gasteiger partial charge in [0.2, 0.25) is 0 Å². The largest absolute Gasteiger partial charge is 0.481 e. The summed E-state index contributed by atoms with van der Waals surface area (Å²) in [5.74, 6) is -0.249. The zero-order valence-electron chi connectivity index (χ0n) is 9.32. The summed E-state index contributed by atoms with van der Waals surface area (Å²) in [5, 5.41) is 12.6. The summed E-state index contributed by atoms with van der Waals surface area (Å²) >= 11 is 0.